The Hall–Kier alpha value is -1.62. The molecule has 4 nitrogen and oxygen atoms in total. The predicted molar refractivity (Wildman–Crippen MR) is 87.3 cm³/mol. The highest BCUT2D eigenvalue weighted by atomic mass is 79.9. The average molecular weight is 335 g/mol. The van der Waals surface area contributed by atoms with Crippen LogP contribution in [-0.2, 0) is 6.42 Å². The second-order valence-corrected chi connectivity index (χ2v) is 5.69. The summed E-state index contributed by atoms with van der Waals surface area (Å²) in [7, 11) is 0. The van der Waals surface area contributed by atoms with Crippen LogP contribution in [0.1, 0.15) is 30.3 Å². The van der Waals surface area contributed by atoms with E-state index in [0.717, 1.165) is 40.2 Å². The fourth-order valence-corrected chi connectivity index (χ4v) is 2.23. The van der Waals surface area contributed by atoms with Gasteiger partial charge in [-0.3, -0.25) is 0 Å². The maximum atomic E-state index is 5.96. The number of aryl methyl sites for hydroxylation is 2. The number of nitrogens with zero attached hydrogens (tertiary/aromatic N) is 2. The summed E-state index contributed by atoms with van der Waals surface area (Å²) in [4.78, 5) is 8.87. The summed E-state index contributed by atoms with van der Waals surface area (Å²) in [5, 5.41) is 3.32. The highest BCUT2D eigenvalue weighted by Crippen LogP contribution is 2.25. The molecule has 0 aliphatic heterocycles. The zero-order chi connectivity index (χ0) is 14.7. The Bertz CT molecular complexity index is 626. The maximum Gasteiger partial charge on any atom is 0.139 e. The number of nitrogens with one attached hydrogen (secondary N) is 1. The number of halogens is 1. The number of hydrogen-bond donors (Lipinski definition) is 2. The molecule has 1 aromatic carbocycles. The van der Waals surface area contributed by atoms with Crippen molar-refractivity contribution in [2.24, 2.45) is 0 Å². The lowest BCUT2D eigenvalue weighted by molar-refractivity contribution is 0.836. The van der Waals surface area contributed by atoms with Gasteiger partial charge in [0.2, 0.25) is 0 Å². The normalized spacial score (nSPS) is 10.6. The third-order valence-corrected chi connectivity index (χ3v) is 3.99. The molecule has 2 rings (SSSR count). The lowest BCUT2D eigenvalue weighted by atomic mass is 10.2. The van der Waals surface area contributed by atoms with Gasteiger partial charge in [-0.25, -0.2) is 9.97 Å². The highest BCUT2D eigenvalue weighted by molar-refractivity contribution is 9.10. The van der Waals surface area contributed by atoms with E-state index in [-0.39, 0.29) is 0 Å². The Morgan fingerprint density at radius 2 is 2.00 bits per heavy atom. The largest absolute Gasteiger partial charge is 0.383 e. The van der Waals surface area contributed by atoms with Crippen LogP contribution in [0.5, 0.6) is 0 Å². The summed E-state index contributed by atoms with van der Waals surface area (Å²) in [5.74, 6) is 2.10. The molecule has 0 aliphatic carbocycles. The molecule has 0 fully saturated rings. The number of rotatable bonds is 4. The third kappa shape index (κ3) is 3.28. The lowest BCUT2D eigenvalue weighted by Crippen LogP contribution is -2.07. The monoisotopic (exact) mass is 334 g/mol. The minimum Gasteiger partial charge on any atom is -0.383 e. The molecule has 2 aromatic rings. The molecule has 0 amide bonds. The highest BCUT2D eigenvalue weighted by Gasteiger charge is 2.09. The summed E-state index contributed by atoms with van der Waals surface area (Å²) in [6, 6.07) is 6.11. The molecule has 0 radical (unpaired) electrons. The Balaban J connectivity index is 2.34. The van der Waals surface area contributed by atoms with E-state index in [0.29, 0.717) is 5.82 Å². The molecule has 0 saturated carbocycles. The Morgan fingerprint density at radius 1 is 1.25 bits per heavy atom. The van der Waals surface area contributed by atoms with E-state index in [1.54, 1.807) is 0 Å². The van der Waals surface area contributed by atoms with Crippen LogP contribution in [-0.4, -0.2) is 9.97 Å². The van der Waals surface area contributed by atoms with Crippen molar-refractivity contribution >= 4 is 33.3 Å². The fourth-order valence-electron chi connectivity index (χ4n) is 1.85. The Morgan fingerprint density at radius 3 is 2.65 bits per heavy atom. The van der Waals surface area contributed by atoms with E-state index in [9.17, 15) is 0 Å². The quantitative estimate of drug-likeness (QED) is 0.882. The summed E-state index contributed by atoms with van der Waals surface area (Å²) < 4.78 is 1.07. The van der Waals surface area contributed by atoms with Crippen molar-refractivity contribution in [2.45, 2.75) is 33.6 Å². The number of aromatic nitrogens is 2. The van der Waals surface area contributed by atoms with E-state index in [1.807, 2.05) is 19.1 Å². The number of benzene rings is 1. The Labute approximate surface area is 128 Å². The van der Waals surface area contributed by atoms with Gasteiger partial charge in [-0.15, -0.1) is 0 Å². The first kappa shape index (κ1) is 14.8. The van der Waals surface area contributed by atoms with Crippen molar-refractivity contribution < 1.29 is 0 Å². The molecule has 3 N–H and O–H groups in total. The average Bonchev–Trinajstić information content (AvgIpc) is 2.40. The second kappa shape index (κ2) is 6.22. The van der Waals surface area contributed by atoms with Gasteiger partial charge in [-0.1, -0.05) is 28.9 Å². The first-order chi connectivity index (χ1) is 9.51. The lowest BCUT2D eigenvalue weighted by Gasteiger charge is -2.12. The van der Waals surface area contributed by atoms with Crippen LogP contribution >= 0.6 is 15.9 Å². The van der Waals surface area contributed by atoms with Crippen LogP contribution in [0, 0.1) is 13.8 Å². The minimum atomic E-state index is 0.539. The number of nitrogen functional groups attached to an aromatic ring is 1. The molecule has 0 atom stereocenters. The Kier molecular flexibility index (Phi) is 4.60. The zero-order valence-corrected chi connectivity index (χ0v) is 13.6. The number of anilines is 3. The van der Waals surface area contributed by atoms with Crippen LogP contribution in [0.3, 0.4) is 0 Å². The predicted octanol–water partition coefficient (Wildman–Crippen LogP) is 4.13. The van der Waals surface area contributed by atoms with Crippen LogP contribution in [0.15, 0.2) is 22.7 Å². The van der Waals surface area contributed by atoms with E-state index >= 15 is 0 Å². The molecule has 0 saturated heterocycles. The van der Waals surface area contributed by atoms with Gasteiger partial charge in [-0.2, -0.15) is 0 Å². The topological polar surface area (TPSA) is 63.8 Å². The number of nitrogens with two attached hydrogens (primary N) is 1. The van der Waals surface area contributed by atoms with E-state index in [2.05, 4.69) is 51.1 Å². The smallest absolute Gasteiger partial charge is 0.139 e. The van der Waals surface area contributed by atoms with Crippen LogP contribution in [0.2, 0.25) is 0 Å². The van der Waals surface area contributed by atoms with Gasteiger partial charge in [-0.05, 0) is 38.0 Å². The van der Waals surface area contributed by atoms with Gasteiger partial charge in [0.05, 0.1) is 0 Å². The first-order valence-corrected chi connectivity index (χ1v) is 7.46. The van der Waals surface area contributed by atoms with Crippen molar-refractivity contribution in [3.8, 4) is 0 Å². The number of hydrogen-bond acceptors (Lipinski definition) is 4. The van der Waals surface area contributed by atoms with Crippen molar-refractivity contribution in [1.29, 1.82) is 0 Å². The van der Waals surface area contributed by atoms with Crippen molar-refractivity contribution in [2.75, 3.05) is 11.1 Å². The molecular weight excluding hydrogens is 316 g/mol. The van der Waals surface area contributed by atoms with Gasteiger partial charge < -0.3 is 11.1 Å². The summed E-state index contributed by atoms with van der Waals surface area (Å²) in [6.45, 7) is 6.08. The van der Waals surface area contributed by atoms with Crippen molar-refractivity contribution in [3.05, 3.63) is 39.6 Å². The van der Waals surface area contributed by atoms with Gasteiger partial charge in [0, 0.05) is 22.1 Å². The SMILES string of the molecule is CCCc1nc(N)c(C)c(Nc2ccc(C)c(Br)c2)n1. The van der Waals surface area contributed by atoms with Gasteiger partial charge in [0.25, 0.3) is 0 Å². The molecule has 0 bridgehead atoms. The molecule has 5 heteroatoms. The van der Waals surface area contributed by atoms with Gasteiger partial charge in [0.1, 0.15) is 17.5 Å². The zero-order valence-electron chi connectivity index (χ0n) is 12.0. The van der Waals surface area contributed by atoms with E-state index in [1.165, 1.54) is 5.56 Å². The van der Waals surface area contributed by atoms with Crippen molar-refractivity contribution in [1.82, 2.24) is 9.97 Å². The molecular formula is C15H19BrN4. The second-order valence-electron chi connectivity index (χ2n) is 4.84. The fraction of sp³-hybridized carbons (Fsp3) is 0.333. The first-order valence-electron chi connectivity index (χ1n) is 6.67. The molecule has 1 heterocycles. The van der Waals surface area contributed by atoms with Gasteiger partial charge in [0.15, 0.2) is 0 Å². The summed E-state index contributed by atoms with van der Waals surface area (Å²) >= 11 is 3.53. The van der Waals surface area contributed by atoms with E-state index < -0.39 is 0 Å². The van der Waals surface area contributed by atoms with E-state index in [4.69, 9.17) is 5.73 Å². The van der Waals surface area contributed by atoms with Crippen LogP contribution in [0.4, 0.5) is 17.3 Å². The molecule has 106 valence electrons. The molecule has 1 aromatic heterocycles. The molecule has 0 spiro atoms. The minimum absolute atomic E-state index is 0.539. The maximum absolute atomic E-state index is 5.96. The van der Waals surface area contributed by atoms with Crippen LogP contribution in [0.25, 0.3) is 0 Å². The summed E-state index contributed by atoms with van der Waals surface area (Å²) in [5.41, 5.74) is 9.01. The van der Waals surface area contributed by atoms with Gasteiger partial charge >= 0.3 is 0 Å². The summed E-state index contributed by atoms with van der Waals surface area (Å²) in [6.07, 6.45) is 1.83. The standard InChI is InChI=1S/C15H19BrN4/c1-4-5-13-19-14(17)10(3)15(20-13)18-11-7-6-9(2)12(16)8-11/h6-8H,4-5H2,1-3H3,(H3,17,18,19,20). The van der Waals surface area contributed by atoms with Crippen molar-refractivity contribution in [3.63, 3.8) is 0 Å². The molecule has 0 aliphatic rings. The third-order valence-electron chi connectivity index (χ3n) is 3.14. The molecule has 20 heavy (non-hydrogen) atoms. The van der Waals surface area contributed by atoms with Crippen LogP contribution < -0.4 is 11.1 Å². The molecule has 0 unspecified atom stereocenters.